The molecule has 0 saturated carbocycles. The number of nitrogens with one attached hydrogen (secondary N) is 1. The third-order valence-corrected chi connectivity index (χ3v) is 4.05. The van der Waals surface area contributed by atoms with Gasteiger partial charge in [-0.25, -0.2) is 0 Å². The fraction of sp³-hybridized carbons (Fsp3) is 0.529. The molecule has 114 valence electrons. The summed E-state index contributed by atoms with van der Waals surface area (Å²) in [5.41, 5.74) is 2.20. The highest BCUT2D eigenvalue weighted by Crippen LogP contribution is 2.36. The highest BCUT2D eigenvalue weighted by atomic mass is 16.2. The molecule has 0 unspecified atom stereocenters. The molecule has 1 aromatic carbocycles. The Kier molecular flexibility index (Phi) is 4.66. The number of nitrogens with zero attached hydrogens (tertiary/aromatic N) is 1. The van der Waals surface area contributed by atoms with Crippen LogP contribution in [0, 0.1) is 12.8 Å². The van der Waals surface area contributed by atoms with E-state index in [0.29, 0.717) is 12.8 Å². The summed E-state index contributed by atoms with van der Waals surface area (Å²) in [5.74, 6) is -0.0399. The lowest BCUT2D eigenvalue weighted by molar-refractivity contribution is -0.141. The standard InChI is InChI=1S/C17H24N2O2/c1-11(2)18-17(21)14-9-10-15(20)19(4)16(14)13-7-5-12(3)6-8-13/h5-8,11,14,16H,9-10H2,1-4H3,(H,18,21)/t14-,16+/m0/s1. The van der Waals surface area contributed by atoms with Crippen LogP contribution in [0.5, 0.6) is 0 Å². The van der Waals surface area contributed by atoms with Gasteiger partial charge in [0.2, 0.25) is 11.8 Å². The van der Waals surface area contributed by atoms with Gasteiger partial charge in [-0.3, -0.25) is 9.59 Å². The molecule has 2 atom stereocenters. The lowest BCUT2D eigenvalue weighted by Gasteiger charge is -2.38. The highest BCUT2D eigenvalue weighted by Gasteiger charge is 2.38. The first kappa shape index (κ1) is 15.5. The second-order valence-corrected chi connectivity index (χ2v) is 6.17. The van der Waals surface area contributed by atoms with Gasteiger partial charge in [-0.1, -0.05) is 29.8 Å². The maximum atomic E-state index is 12.5. The van der Waals surface area contributed by atoms with Crippen LogP contribution in [0.1, 0.15) is 43.9 Å². The van der Waals surface area contributed by atoms with E-state index in [1.807, 2.05) is 45.0 Å². The number of hydrogen-bond donors (Lipinski definition) is 1. The van der Waals surface area contributed by atoms with Crippen molar-refractivity contribution in [3.8, 4) is 0 Å². The van der Waals surface area contributed by atoms with Crippen molar-refractivity contribution in [1.82, 2.24) is 10.2 Å². The molecule has 1 heterocycles. The van der Waals surface area contributed by atoms with Crippen molar-refractivity contribution in [3.05, 3.63) is 35.4 Å². The van der Waals surface area contributed by atoms with Crippen molar-refractivity contribution in [1.29, 1.82) is 0 Å². The molecule has 2 rings (SSSR count). The molecular formula is C17H24N2O2. The number of aryl methyl sites for hydroxylation is 1. The van der Waals surface area contributed by atoms with Crippen molar-refractivity contribution >= 4 is 11.8 Å². The van der Waals surface area contributed by atoms with Crippen LogP contribution in [0.15, 0.2) is 24.3 Å². The molecule has 1 aliphatic heterocycles. The Morgan fingerprint density at radius 3 is 2.48 bits per heavy atom. The Bertz CT molecular complexity index is 522. The number of benzene rings is 1. The average Bonchev–Trinajstić information content (AvgIpc) is 2.42. The van der Waals surface area contributed by atoms with Crippen LogP contribution in [-0.4, -0.2) is 29.8 Å². The molecule has 1 saturated heterocycles. The quantitative estimate of drug-likeness (QED) is 0.928. The topological polar surface area (TPSA) is 49.4 Å². The smallest absolute Gasteiger partial charge is 0.225 e. The first-order chi connectivity index (χ1) is 9.90. The number of hydrogen-bond acceptors (Lipinski definition) is 2. The van der Waals surface area contributed by atoms with Crippen molar-refractivity contribution in [2.45, 2.75) is 45.7 Å². The zero-order valence-electron chi connectivity index (χ0n) is 13.2. The molecule has 4 nitrogen and oxygen atoms in total. The maximum Gasteiger partial charge on any atom is 0.225 e. The van der Waals surface area contributed by atoms with Gasteiger partial charge in [0.15, 0.2) is 0 Å². The van der Waals surface area contributed by atoms with Crippen LogP contribution in [0.3, 0.4) is 0 Å². The molecule has 1 aromatic rings. The zero-order valence-corrected chi connectivity index (χ0v) is 13.2. The van der Waals surface area contributed by atoms with E-state index in [1.54, 1.807) is 11.9 Å². The van der Waals surface area contributed by atoms with Crippen LogP contribution < -0.4 is 5.32 Å². The molecule has 4 heteroatoms. The summed E-state index contributed by atoms with van der Waals surface area (Å²) in [5, 5.41) is 2.98. The van der Waals surface area contributed by atoms with Gasteiger partial charge in [0.1, 0.15) is 0 Å². The minimum atomic E-state index is -0.183. The van der Waals surface area contributed by atoms with Crippen LogP contribution in [-0.2, 0) is 9.59 Å². The molecule has 21 heavy (non-hydrogen) atoms. The van der Waals surface area contributed by atoms with E-state index >= 15 is 0 Å². The summed E-state index contributed by atoms with van der Waals surface area (Å²) in [6.45, 7) is 5.94. The minimum absolute atomic E-state index is 0.0370. The van der Waals surface area contributed by atoms with E-state index in [9.17, 15) is 9.59 Å². The van der Waals surface area contributed by atoms with Gasteiger partial charge in [-0.05, 0) is 32.8 Å². The third kappa shape index (κ3) is 3.43. The zero-order chi connectivity index (χ0) is 15.6. The van der Waals surface area contributed by atoms with Crippen molar-refractivity contribution in [2.75, 3.05) is 7.05 Å². The number of rotatable bonds is 3. The van der Waals surface area contributed by atoms with Crippen LogP contribution >= 0.6 is 0 Å². The van der Waals surface area contributed by atoms with E-state index < -0.39 is 0 Å². The number of piperidine rings is 1. The Balaban J connectivity index is 2.31. The number of carbonyl (C=O) groups is 2. The summed E-state index contributed by atoms with van der Waals surface area (Å²) < 4.78 is 0. The Morgan fingerprint density at radius 1 is 1.29 bits per heavy atom. The summed E-state index contributed by atoms with van der Waals surface area (Å²) in [7, 11) is 1.79. The molecule has 0 aromatic heterocycles. The predicted molar refractivity (Wildman–Crippen MR) is 82.7 cm³/mol. The van der Waals surface area contributed by atoms with Gasteiger partial charge in [0.05, 0.1) is 12.0 Å². The van der Waals surface area contributed by atoms with E-state index in [0.717, 1.165) is 5.56 Å². The van der Waals surface area contributed by atoms with E-state index in [-0.39, 0.29) is 29.8 Å². The summed E-state index contributed by atoms with van der Waals surface area (Å²) >= 11 is 0. The normalized spacial score (nSPS) is 22.5. The molecule has 0 aliphatic carbocycles. The van der Waals surface area contributed by atoms with Gasteiger partial charge < -0.3 is 10.2 Å². The van der Waals surface area contributed by atoms with Crippen molar-refractivity contribution in [2.24, 2.45) is 5.92 Å². The minimum Gasteiger partial charge on any atom is -0.354 e. The second-order valence-electron chi connectivity index (χ2n) is 6.17. The van der Waals surface area contributed by atoms with Crippen LogP contribution in [0.25, 0.3) is 0 Å². The van der Waals surface area contributed by atoms with Crippen molar-refractivity contribution < 1.29 is 9.59 Å². The number of likely N-dealkylation sites (tertiary alicyclic amines) is 1. The number of amides is 2. The highest BCUT2D eigenvalue weighted by molar-refractivity contribution is 5.85. The van der Waals surface area contributed by atoms with Gasteiger partial charge >= 0.3 is 0 Å². The lowest BCUT2D eigenvalue weighted by Crippen LogP contribution is -2.47. The molecule has 0 bridgehead atoms. The van der Waals surface area contributed by atoms with E-state index in [2.05, 4.69) is 5.32 Å². The Hall–Kier alpha value is -1.84. The molecule has 0 radical (unpaired) electrons. The maximum absolute atomic E-state index is 12.5. The monoisotopic (exact) mass is 288 g/mol. The van der Waals surface area contributed by atoms with Crippen molar-refractivity contribution in [3.63, 3.8) is 0 Å². The molecule has 1 N–H and O–H groups in total. The fourth-order valence-corrected chi connectivity index (χ4v) is 2.92. The first-order valence-corrected chi connectivity index (χ1v) is 7.52. The molecular weight excluding hydrogens is 264 g/mol. The largest absolute Gasteiger partial charge is 0.354 e. The first-order valence-electron chi connectivity index (χ1n) is 7.52. The molecule has 2 amide bonds. The van der Waals surface area contributed by atoms with Gasteiger partial charge in [0, 0.05) is 19.5 Å². The fourth-order valence-electron chi connectivity index (χ4n) is 2.92. The van der Waals surface area contributed by atoms with Gasteiger partial charge in [0.25, 0.3) is 0 Å². The predicted octanol–water partition coefficient (Wildman–Crippen LogP) is 2.43. The Morgan fingerprint density at radius 2 is 1.90 bits per heavy atom. The summed E-state index contributed by atoms with van der Waals surface area (Å²) in [6, 6.07) is 8.03. The average molecular weight is 288 g/mol. The second kappa shape index (κ2) is 6.29. The van der Waals surface area contributed by atoms with E-state index in [4.69, 9.17) is 0 Å². The summed E-state index contributed by atoms with van der Waals surface area (Å²) in [4.78, 5) is 26.2. The Labute approximate surface area is 126 Å². The lowest BCUT2D eigenvalue weighted by atomic mass is 9.83. The number of carbonyl (C=O) groups excluding carboxylic acids is 2. The molecule has 1 fully saturated rings. The summed E-state index contributed by atoms with van der Waals surface area (Å²) in [6.07, 6.45) is 1.05. The van der Waals surface area contributed by atoms with E-state index in [1.165, 1.54) is 5.56 Å². The van der Waals surface area contributed by atoms with Gasteiger partial charge in [-0.2, -0.15) is 0 Å². The van der Waals surface area contributed by atoms with Crippen LogP contribution in [0.2, 0.25) is 0 Å². The SMILES string of the molecule is Cc1ccc([C@@H]2[C@@H](C(=O)NC(C)C)CCC(=O)N2C)cc1. The van der Waals surface area contributed by atoms with Gasteiger partial charge in [-0.15, -0.1) is 0 Å². The molecule has 0 spiro atoms. The third-order valence-electron chi connectivity index (χ3n) is 4.05. The van der Waals surface area contributed by atoms with Crippen LogP contribution in [0.4, 0.5) is 0 Å². The molecule has 1 aliphatic rings.